The predicted octanol–water partition coefficient (Wildman–Crippen LogP) is 2.70. The van der Waals surface area contributed by atoms with E-state index in [0.717, 1.165) is 5.56 Å². The number of halogens is 1. The zero-order chi connectivity index (χ0) is 17.8. The molecule has 4 nitrogen and oxygen atoms in total. The lowest BCUT2D eigenvalue weighted by Gasteiger charge is -2.37. The molecule has 1 fully saturated rings. The largest absolute Gasteiger partial charge is 0.352 e. The van der Waals surface area contributed by atoms with Gasteiger partial charge in [0.2, 0.25) is 11.8 Å². The number of hydrogen-bond donors (Lipinski definition) is 1. The van der Waals surface area contributed by atoms with Crippen LogP contribution in [0.2, 0.25) is 0 Å². The molecule has 0 aliphatic carbocycles. The predicted molar refractivity (Wildman–Crippen MR) is 93.2 cm³/mol. The molecule has 0 spiro atoms. The summed E-state index contributed by atoms with van der Waals surface area (Å²) in [5.74, 6) is -0.891. The third-order valence-corrected chi connectivity index (χ3v) is 4.49. The van der Waals surface area contributed by atoms with Crippen LogP contribution >= 0.6 is 0 Å². The standard InChI is InChI=1S/C20H21FN2O2/c1-14(13-15-5-3-2-4-6-15)20(25)23-12-11-22-19(24)18(23)16-7-9-17(21)10-8-16/h2-10,14,18H,11-13H2,1H3,(H,22,24). The van der Waals surface area contributed by atoms with Gasteiger partial charge in [-0.3, -0.25) is 9.59 Å². The molecule has 2 atom stereocenters. The van der Waals surface area contributed by atoms with E-state index in [1.807, 2.05) is 37.3 Å². The van der Waals surface area contributed by atoms with Crippen LogP contribution in [0, 0.1) is 11.7 Å². The van der Waals surface area contributed by atoms with Gasteiger partial charge in [-0.2, -0.15) is 0 Å². The van der Waals surface area contributed by atoms with Crippen LogP contribution in [0.3, 0.4) is 0 Å². The molecule has 130 valence electrons. The molecule has 1 aliphatic heterocycles. The first kappa shape index (κ1) is 17.1. The van der Waals surface area contributed by atoms with E-state index >= 15 is 0 Å². The maximum Gasteiger partial charge on any atom is 0.247 e. The number of piperazine rings is 1. The average molecular weight is 340 g/mol. The Hall–Kier alpha value is -2.69. The lowest BCUT2D eigenvalue weighted by molar-refractivity contribution is -0.146. The molecule has 2 aromatic carbocycles. The van der Waals surface area contributed by atoms with Gasteiger partial charge in [0.25, 0.3) is 0 Å². The van der Waals surface area contributed by atoms with Crippen molar-refractivity contribution in [1.82, 2.24) is 10.2 Å². The maximum atomic E-state index is 13.2. The third kappa shape index (κ3) is 3.87. The van der Waals surface area contributed by atoms with Gasteiger partial charge in [0.1, 0.15) is 11.9 Å². The minimum Gasteiger partial charge on any atom is -0.352 e. The van der Waals surface area contributed by atoms with Crippen molar-refractivity contribution in [2.45, 2.75) is 19.4 Å². The first-order valence-corrected chi connectivity index (χ1v) is 8.44. The molecule has 1 N–H and O–H groups in total. The van der Waals surface area contributed by atoms with Crippen molar-refractivity contribution in [2.75, 3.05) is 13.1 Å². The van der Waals surface area contributed by atoms with Gasteiger partial charge in [0.15, 0.2) is 0 Å². The second-order valence-corrected chi connectivity index (χ2v) is 6.37. The van der Waals surface area contributed by atoms with Crippen molar-refractivity contribution < 1.29 is 14.0 Å². The number of carbonyl (C=O) groups excluding carboxylic acids is 2. The summed E-state index contributed by atoms with van der Waals surface area (Å²) in [6, 6.07) is 14.9. The summed E-state index contributed by atoms with van der Waals surface area (Å²) in [5.41, 5.74) is 1.71. The van der Waals surface area contributed by atoms with Crippen LogP contribution in [0.1, 0.15) is 24.1 Å². The molecule has 0 radical (unpaired) electrons. The number of hydrogen-bond acceptors (Lipinski definition) is 2. The fourth-order valence-corrected chi connectivity index (χ4v) is 3.22. The van der Waals surface area contributed by atoms with Crippen LogP contribution < -0.4 is 5.32 Å². The van der Waals surface area contributed by atoms with E-state index in [9.17, 15) is 14.0 Å². The molecule has 2 amide bonds. The Morgan fingerprint density at radius 1 is 1.20 bits per heavy atom. The minimum atomic E-state index is -0.708. The topological polar surface area (TPSA) is 49.4 Å². The van der Waals surface area contributed by atoms with Crippen molar-refractivity contribution in [2.24, 2.45) is 5.92 Å². The molecule has 2 aromatic rings. The average Bonchev–Trinajstić information content (AvgIpc) is 2.62. The monoisotopic (exact) mass is 340 g/mol. The van der Waals surface area contributed by atoms with Crippen molar-refractivity contribution >= 4 is 11.8 Å². The molecule has 0 bridgehead atoms. The van der Waals surface area contributed by atoms with Gasteiger partial charge in [0, 0.05) is 19.0 Å². The summed E-state index contributed by atoms with van der Waals surface area (Å²) in [7, 11) is 0. The van der Waals surface area contributed by atoms with Crippen LogP contribution in [0.4, 0.5) is 4.39 Å². The molecule has 0 aromatic heterocycles. The lowest BCUT2D eigenvalue weighted by Crippen LogP contribution is -2.53. The zero-order valence-corrected chi connectivity index (χ0v) is 14.1. The summed E-state index contributed by atoms with van der Waals surface area (Å²) >= 11 is 0. The molecule has 1 aliphatic rings. The van der Waals surface area contributed by atoms with Gasteiger partial charge in [-0.25, -0.2) is 4.39 Å². The molecular formula is C20H21FN2O2. The molecule has 2 unspecified atom stereocenters. The first-order chi connectivity index (χ1) is 12.1. The van der Waals surface area contributed by atoms with Crippen LogP contribution in [0.15, 0.2) is 54.6 Å². The number of rotatable bonds is 4. The Bertz CT molecular complexity index is 746. The Morgan fingerprint density at radius 3 is 2.56 bits per heavy atom. The van der Waals surface area contributed by atoms with Crippen molar-refractivity contribution in [3.05, 3.63) is 71.5 Å². The van der Waals surface area contributed by atoms with E-state index in [4.69, 9.17) is 0 Å². The molecule has 25 heavy (non-hydrogen) atoms. The van der Waals surface area contributed by atoms with E-state index < -0.39 is 6.04 Å². The Morgan fingerprint density at radius 2 is 1.88 bits per heavy atom. The number of nitrogens with zero attached hydrogens (tertiary/aromatic N) is 1. The fraction of sp³-hybridized carbons (Fsp3) is 0.300. The third-order valence-electron chi connectivity index (χ3n) is 4.49. The number of amides is 2. The minimum absolute atomic E-state index is 0.0620. The Labute approximate surface area is 146 Å². The SMILES string of the molecule is CC(Cc1ccccc1)C(=O)N1CCNC(=O)C1c1ccc(F)cc1. The maximum absolute atomic E-state index is 13.2. The molecule has 5 heteroatoms. The number of nitrogens with one attached hydrogen (secondary N) is 1. The van der Waals surface area contributed by atoms with E-state index in [2.05, 4.69) is 5.32 Å². The first-order valence-electron chi connectivity index (χ1n) is 8.44. The van der Waals surface area contributed by atoms with Crippen LogP contribution in [0.25, 0.3) is 0 Å². The molecule has 1 heterocycles. The summed E-state index contributed by atoms with van der Waals surface area (Å²) in [5, 5.41) is 2.79. The van der Waals surface area contributed by atoms with Gasteiger partial charge >= 0.3 is 0 Å². The van der Waals surface area contributed by atoms with Crippen molar-refractivity contribution in [3.63, 3.8) is 0 Å². The molecule has 0 saturated carbocycles. The second kappa shape index (κ2) is 7.47. The highest BCUT2D eigenvalue weighted by molar-refractivity contribution is 5.90. The molecular weight excluding hydrogens is 319 g/mol. The highest BCUT2D eigenvalue weighted by Gasteiger charge is 2.36. The van der Waals surface area contributed by atoms with E-state index in [1.54, 1.807) is 17.0 Å². The van der Waals surface area contributed by atoms with Gasteiger partial charge in [-0.15, -0.1) is 0 Å². The van der Waals surface area contributed by atoms with Crippen LogP contribution in [0.5, 0.6) is 0 Å². The van der Waals surface area contributed by atoms with Gasteiger partial charge < -0.3 is 10.2 Å². The smallest absolute Gasteiger partial charge is 0.247 e. The Balaban J connectivity index is 1.80. The molecule has 1 saturated heterocycles. The molecule has 3 rings (SSSR count). The lowest BCUT2D eigenvalue weighted by atomic mass is 9.96. The summed E-state index contributed by atoms with van der Waals surface area (Å²) in [6.45, 7) is 2.76. The fourth-order valence-electron chi connectivity index (χ4n) is 3.22. The van der Waals surface area contributed by atoms with Crippen LogP contribution in [-0.4, -0.2) is 29.8 Å². The summed E-state index contributed by atoms with van der Waals surface area (Å²) in [6.07, 6.45) is 0.619. The van der Waals surface area contributed by atoms with Crippen molar-refractivity contribution in [3.8, 4) is 0 Å². The van der Waals surface area contributed by atoms with E-state index in [-0.39, 0.29) is 23.5 Å². The van der Waals surface area contributed by atoms with E-state index in [0.29, 0.717) is 25.1 Å². The van der Waals surface area contributed by atoms with Crippen molar-refractivity contribution in [1.29, 1.82) is 0 Å². The zero-order valence-electron chi connectivity index (χ0n) is 14.1. The summed E-state index contributed by atoms with van der Waals surface area (Å²) in [4.78, 5) is 27.0. The highest BCUT2D eigenvalue weighted by Crippen LogP contribution is 2.26. The second-order valence-electron chi connectivity index (χ2n) is 6.37. The number of carbonyl (C=O) groups is 2. The van der Waals surface area contributed by atoms with Crippen LogP contribution in [-0.2, 0) is 16.0 Å². The normalized spacial score (nSPS) is 18.6. The highest BCUT2D eigenvalue weighted by atomic mass is 19.1. The van der Waals surface area contributed by atoms with E-state index in [1.165, 1.54) is 12.1 Å². The van der Waals surface area contributed by atoms with Gasteiger partial charge in [-0.1, -0.05) is 49.4 Å². The number of benzene rings is 2. The van der Waals surface area contributed by atoms with Gasteiger partial charge in [-0.05, 0) is 29.7 Å². The quantitative estimate of drug-likeness (QED) is 0.930. The Kier molecular flexibility index (Phi) is 5.12. The van der Waals surface area contributed by atoms with Gasteiger partial charge in [0.05, 0.1) is 0 Å². The summed E-state index contributed by atoms with van der Waals surface area (Å²) < 4.78 is 13.2.